The van der Waals surface area contributed by atoms with Gasteiger partial charge in [0.05, 0.1) is 0 Å². The summed E-state index contributed by atoms with van der Waals surface area (Å²) in [6, 6.07) is 12.1. The number of hydrogen-bond donors (Lipinski definition) is 1. The van der Waals surface area contributed by atoms with E-state index in [1.54, 1.807) is 6.92 Å². The molecule has 0 radical (unpaired) electrons. The highest BCUT2D eigenvalue weighted by Crippen LogP contribution is 2.32. The van der Waals surface area contributed by atoms with Crippen molar-refractivity contribution in [3.05, 3.63) is 58.7 Å². The maximum absolute atomic E-state index is 12.8. The Morgan fingerprint density at radius 1 is 0.885 bits per heavy atom. The van der Waals surface area contributed by atoms with Gasteiger partial charge in [-0.15, -0.1) is 0 Å². The number of benzene rings is 2. The number of amides is 1. The number of nitrogens with one attached hydrogen (secondary N) is 1. The Balaban J connectivity index is 2.25. The van der Waals surface area contributed by atoms with Crippen LogP contribution in [-0.2, 0) is 4.79 Å². The largest absolute Gasteiger partial charge is 0.481 e. The third kappa shape index (κ3) is 4.46. The van der Waals surface area contributed by atoms with Gasteiger partial charge in [0.15, 0.2) is 6.10 Å². The van der Waals surface area contributed by atoms with Crippen molar-refractivity contribution >= 4 is 11.6 Å². The molecule has 2 rings (SSSR count). The summed E-state index contributed by atoms with van der Waals surface area (Å²) in [6.07, 6.45) is -0.573. The predicted molar refractivity (Wildman–Crippen MR) is 109 cm³/mol. The van der Waals surface area contributed by atoms with E-state index in [9.17, 15) is 4.79 Å². The van der Waals surface area contributed by atoms with Crippen LogP contribution in [0.4, 0.5) is 5.69 Å². The molecule has 0 saturated heterocycles. The van der Waals surface area contributed by atoms with Gasteiger partial charge in [-0.2, -0.15) is 0 Å². The summed E-state index contributed by atoms with van der Waals surface area (Å²) in [5.41, 5.74) is 5.46. The zero-order chi connectivity index (χ0) is 19.4. The van der Waals surface area contributed by atoms with E-state index in [2.05, 4.69) is 51.2 Å². The first-order chi connectivity index (χ1) is 12.2. The van der Waals surface area contributed by atoms with E-state index in [4.69, 9.17) is 4.74 Å². The van der Waals surface area contributed by atoms with E-state index in [1.807, 2.05) is 32.0 Å². The maximum atomic E-state index is 12.8. The number of rotatable bonds is 6. The zero-order valence-electron chi connectivity index (χ0n) is 17.0. The SMILES string of the molecule is Cc1cccc(OC(C)C(=O)Nc2c(C(C)C)cccc2C(C)C)c1C. The molecule has 26 heavy (non-hydrogen) atoms. The zero-order valence-corrected chi connectivity index (χ0v) is 17.0. The number of aryl methyl sites for hydroxylation is 1. The Kier molecular flexibility index (Phi) is 6.47. The first-order valence-corrected chi connectivity index (χ1v) is 9.38. The average Bonchev–Trinajstić information content (AvgIpc) is 2.58. The minimum atomic E-state index is -0.573. The van der Waals surface area contributed by atoms with Crippen LogP contribution in [0, 0.1) is 13.8 Å². The molecule has 0 aromatic heterocycles. The van der Waals surface area contributed by atoms with Gasteiger partial charge in [0, 0.05) is 5.69 Å². The van der Waals surface area contributed by atoms with Crippen LogP contribution in [0.1, 0.15) is 68.7 Å². The molecule has 0 spiro atoms. The molecule has 2 aromatic carbocycles. The molecule has 0 saturated carbocycles. The highest BCUT2D eigenvalue weighted by Gasteiger charge is 2.21. The van der Waals surface area contributed by atoms with Crippen molar-refractivity contribution in [2.45, 2.75) is 66.4 Å². The minimum Gasteiger partial charge on any atom is -0.481 e. The lowest BCUT2D eigenvalue weighted by Crippen LogP contribution is -2.31. The molecular weight excluding hydrogens is 322 g/mol. The van der Waals surface area contributed by atoms with E-state index >= 15 is 0 Å². The number of ether oxygens (including phenoxy) is 1. The lowest BCUT2D eigenvalue weighted by Gasteiger charge is -2.22. The summed E-state index contributed by atoms with van der Waals surface area (Å²) in [7, 11) is 0. The molecule has 3 heteroatoms. The van der Waals surface area contributed by atoms with Gasteiger partial charge in [-0.3, -0.25) is 4.79 Å². The number of para-hydroxylation sites is 1. The molecule has 2 aromatic rings. The molecule has 3 nitrogen and oxygen atoms in total. The first kappa shape index (κ1) is 20.0. The van der Waals surface area contributed by atoms with E-state index in [0.29, 0.717) is 11.8 Å². The Morgan fingerprint density at radius 2 is 1.42 bits per heavy atom. The van der Waals surface area contributed by atoms with Gasteiger partial charge < -0.3 is 10.1 Å². The smallest absolute Gasteiger partial charge is 0.265 e. The Bertz CT molecular complexity index is 752. The summed E-state index contributed by atoms with van der Waals surface area (Å²) in [5, 5.41) is 3.13. The van der Waals surface area contributed by atoms with E-state index in [0.717, 1.165) is 33.7 Å². The van der Waals surface area contributed by atoms with Crippen molar-refractivity contribution in [3.63, 3.8) is 0 Å². The van der Waals surface area contributed by atoms with Crippen molar-refractivity contribution in [2.24, 2.45) is 0 Å². The van der Waals surface area contributed by atoms with Crippen LogP contribution in [0.15, 0.2) is 36.4 Å². The topological polar surface area (TPSA) is 38.3 Å². The molecule has 1 unspecified atom stereocenters. The van der Waals surface area contributed by atoms with Gasteiger partial charge >= 0.3 is 0 Å². The Labute approximate surface area is 157 Å². The molecule has 0 fully saturated rings. The van der Waals surface area contributed by atoms with Gasteiger partial charge in [-0.1, -0.05) is 58.0 Å². The number of anilines is 1. The second kappa shape index (κ2) is 8.39. The van der Waals surface area contributed by atoms with Crippen LogP contribution in [0.25, 0.3) is 0 Å². The molecule has 0 heterocycles. The highest BCUT2D eigenvalue weighted by atomic mass is 16.5. The van der Waals surface area contributed by atoms with Crippen molar-refractivity contribution in [1.29, 1.82) is 0 Å². The van der Waals surface area contributed by atoms with Gasteiger partial charge in [-0.25, -0.2) is 0 Å². The quantitative estimate of drug-likeness (QED) is 0.696. The summed E-state index contributed by atoms with van der Waals surface area (Å²) in [5.74, 6) is 1.30. The van der Waals surface area contributed by atoms with Crippen molar-refractivity contribution in [2.75, 3.05) is 5.32 Å². The fourth-order valence-electron chi connectivity index (χ4n) is 3.02. The summed E-state index contributed by atoms with van der Waals surface area (Å²) < 4.78 is 5.95. The summed E-state index contributed by atoms with van der Waals surface area (Å²) >= 11 is 0. The lowest BCUT2D eigenvalue weighted by molar-refractivity contribution is -0.122. The monoisotopic (exact) mass is 353 g/mol. The van der Waals surface area contributed by atoms with Crippen molar-refractivity contribution in [1.82, 2.24) is 0 Å². The second-order valence-electron chi connectivity index (χ2n) is 7.57. The molecule has 0 aliphatic rings. The predicted octanol–water partition coefficient (Wildman–Crippen LogP) is 5.96. The molecule has 1 atom stereocenters. The standard InChI is InChI=1S/C23H31NO2/c1-14(2)19-11-9-12-20(15(3)4)22(19)24-23(25)18(7)26-21-13-8-10-16(5)17(21)6/h8-15,18H,1-7H3,(H,24,25). The highest BCUT2D eigenvalue weighted by molar-refractivity contribution is 5.95. The lowest BCUT2D eigenvalue weighted by atomic mass is 9.92. The van der Waals surface area contributed by atoms with E-state index < -0.39 is 6.10 Å². The van der Waals surface area contributed by atoms with Gasteiger partial charge in [0.1, 0.15) is 5.75 Å². The number of hydrogen-bond acceptors (Lipinski definition) is 2. The number of carbonyl (C=O) groups excluding carboxylic acids is 1. The van der Waals surface area contributed by atoms with Crippen LogP contribution < -0.4 is 10.1 Å². The van der Waals surface area contributed by atoms with Gasteiger partial charge in [0.25, 0.3) is 5.91 Å². The average molecular weight is 354 g/mol. The third-order valence-electron chi connectivity index (χ3n) is 4.85. The molecule has 140 valence electrons. The normalized spacial score (nSPS) is 12.3. The summed E-state index contributed by atoms with van der Waals surface area (Å²) in [6.45, 7) is 14.4. The Hall–Kier alpha value is -2.29. The fraction of sp³-hybridized carbons (Fsp3) is 0.435. The fourth-order valence-corrected chi connectivity index (χ4v) is 3.02. The molecule has 0 aliphatic carbocycles. The van der Waals surface area contributed by atoms with Crippen LogP contribution in [0.5, 0.6) is 5.75 Å². The van der Waals surface area contributed by atoms with Crippen LogP contribution >= 0.6 is 0 Å². The Morgan fingerprint density at radius 3 is 1.96 bits per heavy atom. The van der Waals surface area contributed by atoms with Crippen LogP contribution in [0.3, 0.4) is 0 Å². The first-order valence-electron chi connectivity index (χ1n) is 9.38. The van der Waals surface area contributed by atoms with Crippen molar-refractivity contribution in [3.8, 4) is 5.75 Å². The van der Waals surface area contributed by atoms with E-state index in [-0.39, 0.29) is 5.91 Å². The van der Waals surface area contributed by atoms with Crippen molar-refractivity contribution < 1.29 is 9.53 Å². The molecule has 1 amide bonds. The molecule has 0 aliphatic heterocycles. The second-order valence-corrected chi connectivity index (χ2v) is 7.57. The minimum absolute atomic E-state index is 0.124. The molecular formula is C23H31NO2. The van der Waals surface area contributed by atoms with Gasteiger partial charge in [0.2, 0.25) is 0 Å². The molecule has 0 bridgehead atoms. The van der Waals surface area contributed by atoms with E-state index in [1.165, 1.54) is 0 Å². The third-order valence-corrected chi connectivity index (χ3v) is 4.85. The van der Waals surface area contributed by atoms with Crippen LogP contribution in [0.2, 0.25) is 0 Å². The maximum Gasteiger partial charge on any atom is 0.265 e. The summed E-state index contributed by atoms with van der Waals surface area (Å²) in [4.78, 5) is 12.8. The molecule has 1 N–H and O–H groups in total. The number of carbonyl (C=O) groups is 1. The van der Waals surface area contributed by atoms with Gasteiger partial charge in [-0.05, 0) is 60.9 Å². The van der Waals surface area contributed by atoms with Crippen LogP contribution in [-0.4, -0.2) is 12.0 Å².